The van der Waals surface area contributed by atoms with Gasteiger partial charge in [-0.15, -0.1) is 0 Å². The molecular weight excluding hydrogens is 413 g/mol. The summed E-state index contributed by atoms with van der Waals surface area (Å²) in [5.74, 6) is 0.707. The zero-order valence-corrected chi connectivity index (χ0v) is 17.3. The van der Waals surface area contributed by atoms with Crippen molar-refractivity contribution in [1.29, 1.82) is 0 Å². The highest BCUT2D eigenvalue weighted by Gasteiger charge is 2.27. The van der Waals surface area contributed by atoms with E-state index in [0.29, 0.717) is 31.1 Å². The number of halogens is 2. The Bertz CT molecular complexity index is 1100. The minimum atomic E-state index is -0.511. The molecule has 1 aromatic carbocycles. The number of hydrogen-bond donors (Lipinski definition) is 1. The molecule has 1 N–H and O–H groups in total. The third-order valence-corrected chi connectivity index (χ3v) is 5.30. The molecule has 2 aromatic rings. The Morgan fingerprint density at radius 3 is 3.00 bits per heavy atom. The lowest BCUT2D eigenvalue weighted by atomic mass is 10.00. The second kappa shape index (κ2) is 8.49. The molecule has 0 saturated carbocycles. The molecule has 9 heteroatoms. The van der Waals surface area contributed by atoms with Gasteiger partial charge in [-0.1, -0.05) is 17.7 Å². The number of anilines is 1. The Kier molecular flexibility index (Phi) is 5.78. The van der Waals surface area contributed by atoms with Gasteiger partial charge >= 0.3 is 5.56 Å². The molecule has 1 aliphatic carbocycles. The normalized spacial score (nSPS) is 18.4. The highest BCUT2D eigenvalue weighted by Crippen LogP contribution is 2.30. The van der Waals surface area contributed by atoms with Crippen LogP contribution in [0, 0.1) is 5.82 Å². The quantitative estimate of drug-likeness (QED) is 0.778. The molecule has 1 saturated heterocycles. The molecule has 2 aliphatic rings. The summed E-state index contributed by atoms with van der Waals surface area (Å²) in [5.41, 5.74) is 1.98. The van der Waals surface area contributed by atoms with Crippen molar-refractivity contribution in [2.24, 2.45) is 0 Å². The molecule has 30 heavy (non-hydrogen) atoms. The maximum atomic E-state index is 13.9. The number of aromatic nitrogens is 2. The van der Waals surface area contributed by atoms with E-state index in [2.05, 4.69) is 10.3 Å². The van der Waals surface area contributed by atoms with Gasteiger partial charge in [0.1, 0.15) is 24.3 Å². The van der Waals surface area contributed by atoms with Crippen LogP contribution in [-0.4, -0.2) is 36.0 Å². The van der Waals surface area contributed by atoms with Crippen LogP contribution in [0.3, 0.4) is 0 Å². The maximum Gasteiger partial charge on any atom is 0.316 e. The molecule has 1 fully saturated rings. The second-order valence-electron chi connectivity index (χ2n) is 7.06. The Morgan fingerprint density at radius 2 is 2.23 bits per heavy atom. The fourth-order valence-corrected chi connectivity index (χ4v) is 3.54. The number of benzene rings is 1. The van der Waals surface area contributed by atoms with Gasteiger partial charge in [0.05, 0.1) is 31.5 Å². The van der Waals surface area contributed by atoms with Gasteiger partial charge in [0.15, 0.2) is 0 Å². The highest BCUT2D eigenvalue weighted by molar-refractivity contribution is 6.30. The van der Waals surface area contributed by atoms with E-state index in [1.54, 1.807) is 16.8 Å². The lowest BCUT2D eigenvalue weighted by Crippen LogP contribution is -2.31. The van der Waals surface area contributed by atoms with Gasteiger partial charge in [-0.05, 0) is 36.3 Å². The van der Waals surface area contributed by atoms with Crippen molar-refractivity contribution in [3.63, 3.8) is 0 Å². The molecule has 2 heterocycles. The summed E-state index contributed by atoms with van der Waals surface area (Å²) >= 11 is 5.78. The predicted molar refractivity (Wildman–Crippen MR) is 110 cm³/mol. The fourth-order valence-electron chi connectivity index (χ4n) is 3.42. The van der Waals surface area contributed by atoms with Gasteiger partial charge in [-0.25, -0.2) is 4.39 Å². The van der Waals surface area contributed by atoms with Crippen molar-refractivity contribution in [2.45, 2.75) is 26.0 Å². The Hall–Kier alpha value is -2.84. The lowest BCUT2D eigenvalue weighted by molar-refractivity contribution is -0.0428. The van der Waals surface area contributed by atoms with Gasteiger partial charge in [0.25, 0.3) is 0 Å². The van der Waals surface area contributed by atoms with Crippen LogP contribution in [0.1, 0.15) is 18.9 Å². The number of nitrogens with zero attached hydrogens (tertiary/aromatic N) is 2. The van der Waals surface area contributed by atoms with E-state index in [0.717, 1.165) is 17.0 Å². The van der Waals surface area contributed by atoms with Crippen LogP contribution in [0.25, 0.3) is 0 Å². The third kappa shape index (κ3) is 4.20. The summed E-state index contributed by atoms with van der Waals surface area (Å²) in [7, 11) is 1.40. The molecule has 7 nitrogen and oxygen atoms in total. The van der Waals surface area contributed by atoms with Crippen molar-refractivity contribution in [3.05, 3.63) is 74.3 Å². The topological polar surface area (TPSA) is 74.6 Å². The first-order valence-corrected chi connectivity index (χ1v) is 9.84. The number of methoxy groups -OCH3 is 1. The standard InChI is InChI=1S/C21H21ClFN3O4/c1-12-7-17-18(30-6-5-29-17)9-16(12)24-21-25-20(27)19(28-2)11-26(21)10-13-3-4-14(22)15(23)8-13/h3-4,7-8,11,18H,5-6,9-10H2,1-2H3,(H,24,25,27). The van der Waals surface area contributed by atoms with Crippen LogP contribution in [0.2, 0.25) is 5.02 Å². The summed E-state index contributed by atoms with van der Waals surface area (Å²) in [6, 6.07) is 4.56. The molecular formula is C21H21ClFN3O4. The van der Waals surface area contributed by atoms with E-state index in [9.17, 15) is 9.18 Å². The van der Waals surface area contributed by atoms with Crippen LogP contribution in [0.4, 0.5) is 10.3 Å². The summed E-state index contributed by atoms with van der Waals surface area (Å²) < 4.78 is 32.2. The largest absolute Gasteiger partial charge is 0.493 e. The molecule has 1 unspecified atom stereocenters. The Balaban J connectivity index is 1.68. The molecule has 0 spiro atoms. The molecule has 1 atom stereocenters. The van der Waals surface area contributed by atoms with Crippen LogP contribution in [0.15, 0.2) is 52.3 Å². The average Bonchev–Trinajstić information content (AvgIpc) is 2.73. The fraction of sp³-hybridized carbons (Fsp3) is 0.333. The number of rotatable bonds is 5. The molecule has 0 amide bonds. The number of nitrogens with one attached hydrogen (secondary N) is 1. The summed E-state index contributed by atoms with van der Waals surface area (Å²) in [6.45, 7) is 3.28. The molecule has 1 aliphatic heterocycles. The first kappa shape index (κ1) is 20.4. The van der Waals surface area contributed by atoms with E-state index >= 15 is 0 Å². The third-order valence-electron chi connectivity index (χ3n) is 5.00. The Morgan fingerprint density at radius 1 is 1.40 bits per heavy atom. The number of allylic oxidation sites excluding steroid dienone is 2. The van der Waals surface area contributed by atoms with Crippen molar-refractivity contribution >= 4 is 17.5 Å². The summed E-state index contributed by atoms with van der Waals surface area (Å²) in [4.78, 5) is 16.4. The Labute approximate surface area is 177 Å². The molecule has 0 radical (unpaired) electrons. The van der Waals surface area contributed by atoms with E-state index in [1.165, 1.54) is 19.2 Å². The second-order valence-corrected chi connectivity index (χ2v) is 7.47. The number of hydrogen-bond acceptors (Lipinski definition) is 6. The number of fused-ring (bicyclic) bond motifs is 1. The first-order valence-electron chi connectivity index (χ1n) is 9.46. The predicted octanol–water partition coefficient (Wildman–Crippen LogP) is 3.48. The monoisotopic (exact) mass is 433 g/mol. The van der Waals surface area contributed by atoms with E-state index in [-0.39, 0.29) is 23.4 Å². The van der Waals surface area contributed by atoms with Crippen molar-refractivity contribution in [2.75, 3.05) is 25.6 Å². The minimum Gasteiger partial charge on any atom is -0.493 e. The minimum absolute atomic E-state index is 0.0491. The van der Waals surface area contributed by atoms with E-state index in [1.807, 2.05) is 13.0 Å². The van der Waals surface area contributed by atoms with E-state index < -0.39 is 11.4 Å². The van der Waals surface area contributed by atoms with Crippen LogP contribution >= 0.6 is 11.6 Å². The van der Waals surface area contributed by atoms with Crippen molar-refractivity contribution < 1.29 is 18.6 Å². The van der Waals surface area contributed by atoms with Gasteiger partial charge in [0.2, 0.25) is 11.7 Å². The van der Waals surface area contributed by atoms with Gasteiger partial charge in [0, 0.05) is 12.1 Å². The summed E-state index contributed by atoms with van der Waals surface area (Å²) in [6.07, 6.45) is 3.86. The highest BCUT2D eigenvalue weighted by atomic mass is 35.5. The number of ether oxygens (including phenoxy) is 3. The van der Waals surface area contributed by atoms with Crippen LogP contribution < -0.4 is 15.6 Å². The molecule has 0 bridgehead atoms. The summed E-state index contributed by atoms with van der Waals surface area (Å²) in [5, 5.41) is 3.30. The molecule has 4 rings (SSSR count). The smallest absolute Gasteiger partial charge is 0.316 e. The molecule has 158 valence electrons. The SMILES string of the molecule is COc1cn(Cc2ccc(Cl)c(F)c2)c(NC2=C(C)C=C3OCCOC3C2)nc1=O. The lowest BCUT2D eigenvalue weighted by Gasteiger charge is -2.31. The molecule has 1 aromatic heterocycles. The zero-order chi connectivity index (χ0) is 21.3. The van der Waals surface area contributed by atoms with Gasteiger partial charge in [-0.2, -0.15) is 4.98 Å². The first-order chi connectivity index (χ1) is 14.4. The van der Waals surface area contributed by atoms with Gasteiger partial charge < -0.3 is 24.1 Å². The van der Waals surface area contributed by atoms with Crippen molar-refractivity contribution in [3.8, 4) is 5.75 Å². The van der Waals surface area contributed by atoms with Crippen LogP contribution in [0.5, 0.6) is 5.75 Å². The zero-order valence-electron chi connectivity index (χ0n) is 16.6. The van der Waals surface area contributed by atoms with E-state index in [4.69, 9.17) is 25.8 Å². The van der Waals surface area contributed by atoms with Crippen molar-refractivity contribution in [1.82, 2.24) is 9.55 Å². The maximum absolute atomic E-state index is 13.9. The average molecular weight is 434 g/mol. The van der Waals surface area contributed by atoms with Crippen LogP contribution in [-0.2, 0) is 16.0 Å². The van der Waals surface area contributed by atoms with Gasteiger partial charge in [-0.3, -0.25) is 4.79 Å².